The summed E-state index contributed by atoms with van der Waals surface area (Å²) in [6, 6.07) is 6.81. The van der Waals surface area contributed by atoms with Crippen molar-refractivity contribution >= 4 is 46.2 Å². The highest BCUT2D eigenvalue weighted by atomic mass is 35.5. The number of ether oxygens (including phenoxy) is 1. The molecule has 0 spiro atoms. The summed E-state index contributed by atoms with van der Waals surface area (Å²) in [5.41, 5.74) is 5.97. The molecule has 0 aliphatic carbocycles. The van der Waals surface area contributed by atoms with E-state index in [1.54, 1.807) is 0 Å². The average molecular weight is 302 g/mol. The molecular weight excluding hydrogens is 293 g/mol. The number of nitrogen functional groups attached to an aromatic ring is 1. The zero-order valence-corrected chi connectivity index (χ0v) is 11.5. The van der Waals surface area contributed by atoms with E-state index in [0.717, 1.165) is 4.88 Å². The van der Waals surface area contributed by atoms with Gasteiger partial charge in [-0.05, 0) is 23.6 Å². The summed E-state index contributed by atoms with van der Waals surface area (Å²) in [4.78, 5) is 12.8. The number of esters is 1. The summed E-state index contributed by atoms with van der Waals surface area (Å²) in [6.45, 7) is 0.193. The number of hydrogen-bond acceptors (Lipinski definition) is 4. The third-order valence-corrected chi connectivity index (χ3v) is 3.77. The molecule has 1 aromatic heterocycles. The highest BCUT2D eigenvalue weighted by molar-refractivity contribution is 7.09. The number of halogens is 2. The number of rotatable bonds is 3. The van der Waals surface area contributed by atoms with Gasteiger partial charge < -0.3 is 10.5 Å². The Balaban J connectivity index is 2.16. The molecule has 1 aromatic carbocycles. The predicted molar refractivity (Wildman–Crippen MR) is 74.3 cm³/mol. The van der Waals surface area contributed by atoms with Gasteiger partial charge in [-0.2, -0.15) is 0 Å². The van der Waals surface area contributed by atoms with Crippen LogP contribution in [0.2, 0.25) is 10.0 Å². The Bertz CT molecular complexity index is 570. The second kappa shape index (κ2) is 5.61. The Morgan fingerprint density at radius 3 is 2.67 bits per heavy atom. The summed E-state index contributed by atoms with van der Waals surface area (Å²) >= 11 is 13.3. The predicted octanol–water partition coefficient (Wildman–Crippen LogP) is 3.99. The molecule has 94 valence electrons. The van der Waals surface area contributed by atoms with Crippen LogP contribution in [0.5, 0.6) is 0 Å². The van der Waals surface area contributed by atoms with E-state index in [2.05, 4.69) is 0 Å². The van der Waals surface area contributed by atoms with Crippen molar-refractivity contribution < 1.29 is 9.53 Å². The molecule has 2 N–H and O–H groups in total. The van der Waals surface area contributed by atoms with E-state index in [9.17, 15) is 4.79 Å². The van der Waals surface area contributed by atoms with Crippen molar-refractivity contribution in [3.8, 4) is 0 Å². The Morgan fingerprint density at radius 2 is 2.00 bits per heavy atom. The maximum Gasteiger partial charge on any atom is 0.342 e. The van der Waals surface area contributed by atoms with Crippen LogP contribution in [0.4, 0.5) is 5.69 Å². The largest absolute Gasteiger partial charge is 0.456 e. The minimum atomic E-state index is -0.576. The molecule has 2 aromatic rings. The second-order valence-corrected chi connectivity index (χ2v) is 5.32. The minimum absolute atomic E-state index is 0.112. The van der Waals surface area contributed by atoms with Crippen molar-refractivity contribution in [1.82, 2.24) is 0 Å². The molecular formula is C12H9Cl2NO2S. The first-order valence-corrected chi connectivity index (χ1v) is 6.66. The quantitative estimate of drug-likeness (QED) is 0.689. The SMILES string of the molecule is Nc1c(Cl)ccc(Cl)c1C(=O)OCc1cccs1. The minimum Gasteiger partial charge on any atom is -0.456 e. The summed E-state index contributed by atoms with van der Waals surface area (Å²) in [6.07, 6.45) is 0. The highest BCUT2D eigenvalue weighted by Gasteiger charge is 2.18. The van der Waals surface area contributed by atoms with E-state index in [1.807, 2.05) is 17.5 Å². The van der Waals surface area contributed by atoms with Gasteiger partial charge in [0, 0.05) is 4.88 Å². The first-order valence-electron chi connectivity index (χ1n) is 5.02. The summed E-state index contributed by atoms with van der Waals surface area (Å²) in [5, 5.41) is 2.42. The molecule has 0 saturated carbocycles. The second-order valence-electron chi connectivity index (χ2n) is 3.47. The van der Waals surface area contributed by atoms with Gasteiger partial charge in [0.2, 0.25) is 0 Å². The third-order valence-electron chi connectivity index (χ3n) is 2.27. The summed E-state index contributed by atoms with van der Waals surface area (Å²) in [7, 11) is 0. The molecule has 0 saturated heterocycles. The van der Waals surface area contributed by atoms with Crippen molar-refractivity contribution in [3.05, 3.63) is 50.1 Å². The molecule has 1 heterocycles. The molecule has 0 aliphatic rings. The molecule has 18 heavy (non-hydrogen) atoms. The molecule has 0 unspecified atom stereocenters. The molecule has 0 fully saturated rings. The van der Waals surface area contributed by atoms with E-state index in [1.165, 1.54) is 23.5 Å². The Morgan fingerprint density at radius 1 is 1.28 bits per heavy atom. The van der Waals surface area contributed by atoms with Gasteiger partial charge in [-0.3, -0.25) is 0 Å². The molecule has 0 atom stereocenters. The van der Waals surface area contributed by atoms with Gasteiger partial charge in [0.1, 0.15) is 12.2 Å². The van der Waals surface area contributed by atoms with Crippen LogP contribution in [0.15, 0.2) is 29.6 Å². The molecule has 0 bridgehead atoms. The summed E-state index contributed by atoms with van der Waals surface area (Å²) in [5.74, 6) is -0.576. The van der Waals surface area contributed by atoms with Gasteiger partial charge in [0.05, 0.1) is 15.7 Å². The number of carbonyl (C=O) groups excluding carboxylic acids is 1. The third kappa shape index (κ3) is 2.77. The van der Waals surface area contributed by atoms with Crippen molar-refractivity contribution in [3.63, 3.8) is 0 Å². The number of benzene rings is 1. The van der Waals surface area contributed by atoms with Crippen LogP contribution < -0.4 is 5.73 Å². The highest BCUT2D eigenvalue weighted by Crippen LogP contribution is 2.30. The van der Waals surface area contributed by atoms with Crippen LogP contribution in [-0.4, -0.2) is 5.97 Å². The molecule has 0 aliphatic heterocycles. The topological polar surface area (TPSA) is 52.3 Å². The normalized spacial score (nSPS) is 10.3. The van der Waals surface area contributed by atoms with Crippen LogP contribution in [0.25, 0.3) is 0 Å². The number of nitrogens with two attached hydrogens (primary N) is 1. The van der Waals surface area contributed by atoms with Crippen LogP contribution in [-0.2, 0) is 11.3 Å². The molecule has 6 heteroatoms. The Labute approximate surface area is 118 Å². The fourth-order valence-corrected chi connectivity index (χ4v) is 2.39. The molecule has 0 amide bonds. The lowest BCUT2D eigenvalue weighted by molar-refractivity contribution is 0.0478. The first kappa shape index (κ1) is 13.2. The Hall–Kier alpha value is -1.23. The lowest BCUT2D eigenvalue weighted by Gasteiger charge is -2.09. The van der Waals surface area contributed by atoms with E-state index < -0.39 is 5.97 Å². The van der Waals surface area contributed by atoms with Gasteiger partial charge in [0.15, 0.2) is 0 Å². The van der Waals surface area contributed by atoms with E-state index in [-0.39, 0.29) is 27.9 Å². The zero-order chi connectivity index (χ0) is 13.1. The average Bonchev–Trinajstić information content (AvgIpc) is 2.85. The smallest absolute Gasteiger partial charge is 0.342 e. The standard InChI is InChI=1S/C12H9Cl2NO2S/c13-8-3-4-9(14)11(15)10(8)12(16)17-6-7-2-1-5-18-7/h1-5H,6,15H2. The number of anilines is 1. The maximum atomic E-state index is 11.9. The van der Waals surface area contributed by atoms with Gasteiger partial charge in [-0.25, -0.2) is 4.79 Å². The maximum absolute atomic E-state index is 11.9. The Kier molecular flexibility index (Phi) is 4.11. The summed E-state index contributed by atoms with van der Waals surface area (Å²) < 4.78 is 5.14. The molecule has 0 radical (unpaired) electrons. The first-order chi connectivity index (χ1) is 8.59. The number of thiophene rings is 1. The number of hydrogen-bond donors (Lipinski definition) is 1. The van der Waals surface area contributed by atoms with Crippen molar-refractivity contribution in [1.29, 1.82) is 0 Å². The van der Waals surface area contributed by atoms with Gasteiger partial charge in [0.25, 0.3) is 0 Å². The number of carbonyl (C=O) groups is 1. The monoisotopic (exact) mass is 301 g/mol. The van der Waals surface area contributed by atoms with Crippen LogP contribution in [0.1, 0.15) is 15.2 Å². The van der Waals surface area contributed by atoms with E-state index >= 15 is 0 Å². The van der Waals surface area contributed by atoms with Crippen molar-refractivity contribution in [2.45, 2.75) is 6.61 Å². The van der Waals surface area contributed by atoms with Crippen LogP contribution >= 0.6 is 34.5 Å². The molecule has 3 nitrogen and oxygen atoms in total. The van der Waals surface area contributed by atoms with Gasteiger partial charge >= 0.3 is 5.97 Å². The lowest BCUT2D eigenvalue weighted by Crippen LogP contribution is -2.09. The van der Waals surface area contributed by atoms with Crippen molar-refractivity contribution in [2.75, 3.05) is 5.73 Å². The lowest BCUT2D eigenvalue weighted by atomic mass is 10.2. The van der Waals surface area contributed by atoms with E-state index in [4.69, 9.17) is 33.7 Å². The van der Waals surface area contributed by atoms with Gasteiger partial charge in [-0.1, -0.05) is 29.3 Å². The fourth-order valence-electron chi connectivity index (χ4n) is 1.38. The van der Waals surface area contributed by atoms with Crippen LogP contribution in [0.3, 0.4) is 0 Å². The van der Waals surface area contributed by atoms with E-state index in [0.29, 0.717) is 0 Å². The zero-order valence-electron chi connectivity index (χ0n) is 9.15. The van der Waals surface area contributed by atoms with Gasteiger partial charge in [-0.15, -0.1) is 11.3 Å². The van der Waals surface area contributed by atoms with Crippen molar-refractivity contribution in [2.24, 2.45) is 0 Å². The molecule has 2 rings (SSSR count). The van der Waals surface area contributed by atoms with Crippen LogP contribution in [0, 0.1) is 0 Å². The fraction of sp³-hybridized carbons (Fsp3) is 0.0833.